The first-order chi connectivity index (χ1) is 8.25. The molecule has 5 heteroatoms. The molecule has 0 saturated carbocycles. The second-order valence-corrected chi connectivity index (χ2v) is 3.65. The first-order valence-corrected chi connectivity index (χ1v) is 5.31. The number of carbonyl (C=O) groups excluding carboxylic acids is 1. The predicted molar refractivity (Wildman–Crippen MR) is 61.5 cm³/mol. The Hall–Kier alpha value is -2.01. The topological polar surface area (TPSA) is 64.8 Å². The highest BCUT2D eigenvalue weighted by atomic mass is 16.6. The smallest absolute Gasteiger partial charge is 0.414 e. The van der Waals surface area contributed by atoms with Crippen molar-refractivity contribution in [3.8, 4) is 0 Å². The Morgan fingerprint density at radius 1 is 1.47 bits per heavy atom. The average Bonchev–Trinajstić information content (AvgIpc) is 2.37. The van der Waals surface area contributed by atoms with Crippen LogP contribution < -0.4 is 5.73 Å². The number of ether oxygens (including phenoxy) is 2. The van der Waals surface area contributed by atoms with Gasteiger partial charge >= 0.3 is 6.09 Å². The summed E-state index contributed by atoms with van der Waals surface area (Å²) in [6.07, 6.45) is 1.97. The highest BCUT2D eigenvalue weighted by Crippen LogP contribution is 2.07. The standard InChI is InChI=1S/C12H14N2O3/c13-11-8-14(6-7-16-11)12(15)17-9-10-4-2-1-3-5-10/h1-7,11H,8-9,13H2/t11-/m0/s1. The molecule has 2 rings (SSSR count). The van der Waals surface area contributed by atoms with Gasteiger partial charge in [0.15, 0.2) is 6.23 Å². The molecule has 2 N–H and O–H groups in total. The molecule has 17 heavy (non-hydrogen) atoms. The van der Waals surface area contributed by atoms with Gasteiger partial charge in [-0.15, -0.1) is 0 Å². The number of carbonyl (C=O) groups is 1. The van der Waals surface area contributed by atoms with Crippen LogP contribution in [-0.2, 0) is 16.1 Å². The number of rotatable bonds is 2. The third-order valence-electron chi connectivity index (χ3n) is 2.31. The monoisotopic (exact) mass is 234 g/mol. The molecule has 90 valence electrons. The lowest BCUT2D eigenvalue weighted by atomic mass is 10.2. The fourth-order valence-corrected chi connectivity index (χ4v) is 1.44. The third kappa shape index (κ3) is 3.22. The van der Waals surface area contributed by atoms with Gasteiger partial charge in [0.2, 0.25) is 0 Å². The van der Waals surface area contributed by atoms with Crippen molar-refractivity contribution >= 4 is 6.09 Å². The van der Waals surface area contributed by atoms with E-state index >= 15 is 0 Å². The maximum absolute atomic E-state index is 11.7. The molecule has 0 unspecified atom stereocenters. The van der Waals surface area contributed by atoms with Crippen LogP contribution in [0.2, 0.25) is 0 Å². The van der Waals surface area contributed by atoms with Crippen LogP contribution in [-0.4, -0.2) is 23.8 Å². The second kappa shape index (κ2) is 5.36. The molecule has 0 aromatic heterocycles. The fourth-order valence-electron chi connectivity index (χ4n) is 1.44. The molecular weight excluding hydrogens is 220 g/mol. The lowest BCUT2D eigenvalue weighted by molar-refractivity contribution is 0.0633. The Labute approximate surface area is 99.4 Å². The van der Waals surface area contributed by atoms with Crippen molar-refractivity contribution in [3.63, 3.8) is 0 Å². The largest absolute Gasteiger partial charge is 0.480 e. The van der Waals surface area contributed by atoms with E-state index in [1.165, 1.54) is 17.4 Å². The van der Waals surface area contributed by atoms with Gasteiger partial charge in [0.25, 0.3) is 0 Å². The van der Waals surface area contributed by atoms with Crippen molar-refractivity contribution in [2.75, 3.05) is 6.54 Å². The molecule has 5 nitrogen and oxygen atoms in total. The van der Waals surface area contributed by atoms with Gasteiger partial charge in [0.05, 0.1) is 6.54 Å². The Balaban J connectivity index is 1.85. The normalized spacial score (nSPS) is 18.6. The van der Waals surface area contributed by atoms with Crippen LogP contribution in [0.15, 0.2) is 42.8 Å². The van der Waals surface area contributed by atoms with E-state index in [2.05, 4.69) is 0 Å². The predicted octanol–water partition coefficient (Wildman–Crippen LogP) is 1.41. The van der Waals surface area contributed by atoms with Gasteiger partial charge in [0, 0.05) is 6.20 Å². The molecule has 1 aromatic rings. The van der Waals surface area contributed by atoms with E-state index in [1.807, 2.05) is 30.3 Å². The van der Waals surface area contributed by atoms with Crippen LogP contribution in [0.5, 0.6) is 0 Å². The summed E-state index contributed by atoms with van der Waals surface area (Å²) in [5, 5.41) is 0. The first kappa shape index (κ1) is 11.5. The molecule has 1 aromatic carbocycles. The van der Waals surface area contributed by atoms with Crippen LogP contribution in [0.25, 0.3) is 0 Å². The minimum atomic E-state index is -0.496. The molecule has 0 saturated heterocycles. The van der Waals surface area contributed by atoms with Gasteiger partial charge in [-0.2, -0.15) is 0 Å². The van der Waals surface area contributed by atoms with E-state index in [4.69, 9.17) is 15.2 Å². The minimum Gasteiger partial charge on any atom is -0.480 e. The van der Waals surface area contributed by atoms with Gasteiger partial charge < -0.3 is 9.47 Å². The minimum absolute atomic E-state index is 0.250. The summed E-state index contributed by atoms with van der Waals surface area (Å²) in [6, 6.07) is 9.50. The number of nitrogens with two attached hydrogens (primary N) is 1. The number of hydrogen-bond acceptors (Lipinski definition) is 4. The Morgan fingerprint density at radius 2 is 2.24 bits per heavy atom. The molecule has 1 atom stereocenters. The van der Waals surface area contributed by atoms with E-state index in [1.54, 1.807) is 0 Å². The first-order valence-electron chi connectivity index (χ1n) is 5.31. The maximum atomic E-state index is 11.7. The summed E-state index contributed by atoms with van der Waals surface area (Å²) >= 11 is 0. The maximum Gasteiger partial charge on any atom is 0.414 e. The summed E-state index contributed by atoms with van der Waals surface area (Å²) in [7, 11) is 0. The van der Waals surface area contributed by atoms with E-state index in [9.17, 15) is 4.79 Å². The highest BCUT2D eigenvalue weighted by Gasteiger charge is 2.19. The van der Waals surface area contributed by atoms with Crippen LogP contribution in [0.3, 0.4) is 0 Å². The molecule has 1 aliphatic rings. The quantitative estimate of drug-likeness (QED) is 0.840. The van der Waals surface area contributed by atoms with E-state index in [-0.39, 0.29) is 6.61 Å². The summed E-state index contributed by atoms with van der Waals surface area (Å²) in [4.78, 5) is 13.0. The molecule has 1 heterocycles. The zero-order chi connectivity index (χ0) is 12.1. The van der Waals surface area contributed by atoms with Crippen molar-refractivity contribution in [1.82, 2.24) is 4.90 Å². The van der Waals surface area contributed by atoms with Crippen molar-refractivity contribution < 1.29 is 14.3 Å². The zero-order valence-electron chi connectivity index (χ0n) is 9.28. The van der Waals surface area contributed by atoms with Crippen molar-refractivity contribution in [2.24, 2.45) is 5.73 Å². The van der Waals surface area contributed by atoms with E-state index in [0.29, 0.717) is 6.54 Å². The van der Waals surface area contributed by atoms with Gasteiger partial charge in [-0.05, 0) is 5.56 Å². The van der Waals surface area contributed by atoms with E-state index in [0.717, 1.165) is 5.56 Å². The Bertz CT molecular complexity index is 405. The summed E-state index contributed by atoms with van der Waals surface area (Å²) in [6.45, 7) is 0.546. The van der Waals surface area contributed by atoms with Crippen LogP contribution in [0.4, 0.5) is 4.79 Å². The molecule has 0 fully saturated rings. The van der Waals surface area contributed by atoms with Crippen molar-refractivity contribution in [3.05, 3.63) is 48.4 Å². The van der Waals surface area contributed by atoms with E-state index < -0.39 is 12.3 Å². The molecule has 0 aliphatic carbocycles. The number of benzene rings is 1. The van der Waals surface area contributed by atoms with Crippen molar-refractivity contribution in [2.45, 2.75) is 12.8 Å². The highest BCUT2D eigenvalue weighted by molar-refractivity contribution is 5.69. The third-order valence-corrected chi connectivity index (χ3v) is 2.31. The lowest BCUT2D eigenvalue weighted by Gasteiger charge is -2.25. The van der Waals surface area contributed by atoms with Crippen LogP contribution in [0, 0.1) is 0 Å². The van der Waals surface area contributed by atoms with Gasteiger partial charge in [-0.3, -0.25) is 10.6 Å². The SMILES string of the molecule is N[C@@H]1CN(C(=O)OCc2ccccc2)C=CO1. The van der Waals surface area contributed by atoms with Crippen molar-refractivity contribution in [1.29, 1.82) is 0 Å². The number of amides is 1. The van der Waals surface area contributed by atoms with Gasteiger partial charge in [0.1, 0.15) is 12.9 Å². The molecule has 1 aliphatic heterocycles. The molecule has 1 amide bonds. The lowest BCUT2D eigenvalue weighted by Crippen LogP contribution is -2.41. The summed E-state index contributed by atoms with van der Waals surface area (Å²) in [5.41, 5.74) is 6.49. The second-order valence-electron chi connectivity index (χ2n) is 3.65. The van der Waals surface area contributed by atoms with Gasteiger partial charge in [-0.1, -0.05) is 30.3 Å². The van der Waals surface area contributed by atoms with Gasteiger partial charge in [-0.25, -0.2) is 4.79 Å². The Kier molecular flexibility index (Phi) is 3.62. The number of hydrogen-bond donors (Lipinski definition) is 1. The summed E-state index contributed by atoms with van der Waals surface area (Å²) in [5.74, 6) is 0. The molecule has 0 radical (unpaired) electrons. The van der Waals surface area contributed by atoms with Crippen LogP contribution in [0.1, 0.15) is 5.56 Å². The molecule has 0 spiro atoms. The molecule has 0 bridgehead atoms. The zero-order valence-corrected chi connectivity index (χ0v) is 9.28. The molecular formula is C12H14N2O3. The Morgan fingerprint density at radius 3 is 2.94 bits per heavy atom. The van der Waals surface area contributed by atoms with Crippen LogP contribution >= 0.6 is 0 Å². The fraction of sp³-hybridized carbons (Fsp3) is 0.250. The summed E-state index contributed by atoms with van der Waals surface area (Å²) < 4.78 is 10.1. The average molecular weight is 234 g/mol. The number of nitrogens with zero attached hydrogens (tertiary/aromatic N) is 1.